The minimum absolute atomic E-state index is 0.119. The van der Waals surface area contributed by atoms with Gasteiger partial charge in [-0.3, -0.25) is 4.90 Å². The molecule has 0 radical (unpaired) electrons. The second-order valence-corrected chi connectivity index (χ2v) is 7.94. The minimum Gasteiger partial charge on any atom is -0.367 e. The number of aryl methyl sites for hydroxylation is 1. The molecule has 1 saturated heterocycles. The highest BCUT2D eigenvalue weighted by Crippen LogP contribution is 2.33. The van der Waals surface area contributed by atoms with E-state index in [9.17, 15) is 0 Å². The fraction of sp³-hybridized carbons (Fsp3) is 0.550. The van der Waals surface area contributed by atoms with Crippen LogP contribution in [0.2, 0.25) is 0 Å². The van der Waals surface area contributed by atoms with Gasteiger partial charge in [-0.2, -0.15) is 0 Å². The number of nitrogens with zero attached hydrogens (tertiary/aromatic N) is 3. The van der Waals surface area contributed by atoms with E-state index in [4.69, 9.17) is 4.74 Å². The van der Waals surface area contributed by atoms with Gasteiger partial charge in [-0.15, -0.1) is 0 Å². The van der Waals surface area contributed by atoms with Gasteiger partial charge < -0.3 is 9.30 Å². The van der Waals surface area contributed by atoms with Crippen molar-refractivity contribution in [2.45, 2.75) is 46.4 Å². The van der Waals surface area contributed by atoms with E-state index in [0.29, 0.717) is 0 Å². The Bertz CT molecular complexity index is 672. The third-order valence-electron chi connectivity index (χ3n) is 5.02. The molecule has 2 aromatic rings. The first-order valence-corrected chi connectivity index (χ1v) is 8.74. The van der Waals surface area contributed by atoms with Crippen LogP contribution < -0.4 is 0 Å². The molecule has 0 unspecified atom stereocenters. The van der Waals surface area contributed by atoms with Crippen LogP contribution in [-0.2, 0) is 18.3 Å². The standard InChI is InChI=1S/C20H29N3O/c1-15-21-11-17(22(15)5)12-23-13-18(16-9-7-6-8-10-16)24-19(14-23)20(2,3)4/h6-11,18-19H,12-14H2,1-5H3/t18-,19+/m0/s1. The van der Waals surface area contributed by atoms with Gasteiger partial charge in [0.05, 0.1) is 17.9 Å². The lowest BCUT2D eigenvalue weighted by molar-refractivity contribution is -0.131. The molecule has 0 aliphatic carbocycles. The number of aromatic nitrogens is 2. The van der Waals surface area contributed by atoms with Crippen molar-refractivity contribution in [3.63, 3.8) is 0 Å². The zero-order chi connectivity index (χ0) is 17.3. The third kappa shape index (κ3) is 3.70. The summed E-state index contributed by atoms with van der Waals surface area (Å²) in [7, 11) is 2.09. The Morgan fingerprint density at radius 3 is 2.46 bits per heavy atom. The zero-order valence-electron chi connectivity index (χ0n) is 15.5. The van der Waals surface area contributed by atoms with Crippen LogP contribution in [0, 0.1) is 12.3 Å². The van der Waals surface area contributed by atoms with Gasteiger partial charge in [0.25, 0.3) is 0 Å². The highest BCUT2D eigenvalue weighted by molar-refractivity contribution is 5.19. The van der Waals surface area contributed by atoms with Crippen LogP contribution in [0.5, 0.6) is 0 Å². The Morgan fingerprint density at radius 2 is 1.88 bits per heavy atom. The first-order chi connectivity index (χ1) is 11.3. The Labute approximate surface area is 145 Å². The lowest BCUT2D eigenvalue weighted by Gasteiger charge is -2.43. The summed E-state index contributed by atoms with van der Waals surface area (Å²) < 4.78 is 8.66. The van der Waals surface area contributed by atoms with E-state index in [0.717, 1.165) is 25.5 Å². The number of rotatable bonds is 3. The number of ether oxygens (including phenoxy) is 1. The van der Waals surface area contributed by atoms with Crippen molar-refractivity contribution in [3.8, 4) is 0 Å². The molecule has 0 N–H and O–H groups in total. The summed E-state index contributed by atoms with van der Waals surface area (Å²) in [6.45, 7) is 11.6. The largest absolute Gasteiger partial charge is 0.367 e. The number of hydrogen-bond donors (Lipinski definition) is 0. The summed E-state index contributed by atoms with van der Waals surface area (Å²) in [6.07, 6.45) is 2.33. The SMILES string of the molecule is Cc1ncc(CN2C[C@@H](c3ccccc3)O[C@@H](C(C)(C)C)C2)n1C. The smallest absolute Gasteiger partial charge is 0.105 e. The first-order valence-electron chi connectivity index (χ1n) is 8.74. The van der Waals surface area contributed by atoms with E-state index in [1.54, 1.807) is 0 Å². The maximum absolute atomic E-state index is 6.48. The Morgan fingerprint density at radius 1 is 1.17 bits per heavy atom. The van der Waals surface area contributed by atoms with Crippen LogP contribution >= 0.6 is 0 Å². The molecule has 1 aromatic carbocycles. The first kappa shape index (κ1) is 17.2. The van der Waals surface area contributed by atoms with E-state index in [-0.39, 0.29) is 17.6 Å². The van der Waals surface area contributed by atoms with Crippen molar-refractivity contribution in [1.29, 1.82) is 0 Å². The molecule has 130 valence electrons. The molecule has 0 spiro atoms. The second kappa shape index (κ2) is 6.69. The number of morpholine rings is 1. The Hall–Kier alpha value is -1.65. The quantitative estimate of drug-likeness (QED) is 0.861. The summed E-state index contributed by atoms with van der Waals surface area (Å²) in [5.74, 6) is 1.06. The van der Waals surface area contributed by atoms with Crippen molar-refractivity contribution >= 4 is 0 Å². The number of benzene rings is 1. The Balaban J connectivity index is 1.81. The molecule has 4 nitrogen and oxygen atoms in total. The highest BCUT2D eigenvalue weighted by Gasteiger charge is 2.35. The van der Waals surface area contributed by atoms with Gasteiger partial charge >= 0.3 is 0 Å². The fourth-order valence-corrected chi connectivity index (χ4v) is 3.21. The molecular weight excluding hydrogens is 298 g/mol. The minimum atomic E-state index is 0.119. The molecule has 24 heavy (non-hydrogen) atoms. The van der Waals surface area contributed by atoms with Crippen molar-refractivity contribution < 1.29 is 4.74 Å². The molecule has 1 aliphatic rings. The second-order valence-electron chi connectivity index (χ2n) is 7.94. The van der Waals surface area contributed by atoms with Crippen LogP contribution in [0.15, 0.2) is 36.5 Å². The van der Waals surface area contributed by atoms with Gasteiger partial charge in [0.2, 0.25) is 0 Å². The summed E-state index contributed by atoms with van der Waals surface area (Å²) >= 11 is 0. The monoisotopic (exact) mass is 327 g/mol. The topological polar surface area (TPSA) is 30.3 Å². The van der Waals surface area contributed by atoms with E-state index in [2.05, 4.69) is 72.6 Å². The number of imidazole rings is 1. The molecule has 0 bridgehead atoms. The van der Waals surface area contributed by atoms with Gasteiger partial charge in [-0.05, 0) is 17.9 Å². The summed E-state index contributed by atoms with van der Waals surface area (Å²) in [4.78, 5) is 6.94. The average molecular weight is 327 g/mol. The van der Waals surface area contributed by atoms with Crippen LogP contribution in [-0.4, -0.2) is 33.6 Å². The highest BCUT2D eigenvalue weighted by atomic mass is 16.5. The lowest BCUT2D eigenvalue weighted by Crippen LogP contribution is -2.48. The summed E-state index contributed by atoms with van der Waals surface area (Å²) in [5, 5.41) is 0. The average Bonchev–Trinajstić information content (AvgIpc) is 2.87. The van der Waals surface area contributed by atoms with E-state index in [1.165, 1.54) is 11.3 Å². The third-order valence-corrected chi connectivity index (χ3v) is 5.02. The van der Waals surface area contributed by atoms with Crippen molar-refractivity contribution in [3.05, 3.63) is 53.6 Å². The summed E-state index contributed by atoms with van der Waals surface area (Å²) in [5.41, 5.74) is 2.64. The normalized spacial score (nSPS) is 22.7. The molecule has 0 amide bonds. The number of hydrogen-bond acceptors (Lipinski definition) is 3. The fourth-order valence-electron chi connectivity index (χ4n) is 3.21. The van der Waals surface area contributed by atoms with Crippen LogP contribution in [0.25, 0.3) is 0 Å². The van der Waals surface area contributed by atoms with Gasteiger partial charge in [0, 0.05) is 32.9 Å². The molecule has 1 aromatic heterocycles. The van der Waals surface area contributed by atoms with Crippen LogP contribution in [0.3, 0.4) is 0 Å². The van der Waals surface area contributed by atoms with E-state index < -0.39 is 0 Å². The maximum atomic E-state index is 6.48. The van der Waals surface area contributed by atoms with Gasteiger partial charge in [0.1, 0.15) is 5.82 Å². The zero-order valence-corrected chi connectivity index (χ0v) is 15.5. The predicted octanol–water partition coefficient (Wildman–Crippen LogP) is 3.72. The van der Waals surface area contributed by atoms with Crippen molar-refractivity contribution in [2.24, 2.45) is 12.5 Å². The molecule has 3 rings (SSSR count). The van der Waals surface area contributed by atoms with E-state index in [1.807, 2.05) is 13.1 Å². The van der Waals surface area contributed by atoms with Crippen LogP contribution in [0.4, 0.5) is 0 Å². The molecule has 1 fully saturated rings. The molecule has 4 heteroatoms. The lowest BCUT2D eigenvalue weighted by atomic mass is 9.87. The molecule has 2 heterocycles. The predicted molar refractivity (Wildman–Crippen MR) is 96.7 cm³/mol. The van der Waals surface area contributed by atoms with Gasteiger partial charge in [-0.1, -0.05) is 51.1 Å². The molecule has 2 atom stereocenters. The maximum Gasteiger partial charge on any atom is 0.105 e. The van der Waals surface area contributed by atoms with E-state index >= 15 is 0 Å². The molecular formula is C20H29N3O. The van der Waals surface area contributed by atoms with Crippen molar-refractivity contribution in [1.82, 2.24) is 14.5 Å². The Kier molecular flexibility index (Phi) is 4.79. The van der Waals surface area contributed by atoms with Crippen LogP contribution in [0.1, 0.15) is 44.0 Å². The van der Waals surface area contributed by atoms with Gasteiger partial charge in [0.15, 0.2) is 0 Å². The molecule has 1 aliphatic heterocycles. The molecule has 0 saturated carbocycles. The van der Waals surface area contributed by atoms with Gasteiger partial charge in [-0.25, -0.2) is 4.98 Å². The summed E-state index contributed by atoms with van der Waals surface area (Å²) in [6, 6.07) is 10.6. The van der Waals surface area contributed by atoms with Crippen molar-refractivity contribution in [2.75, 3.05) is 13.1 Å².